The molecular formula is C17H15NO. The largest absolute Gasteiger partial charge is 0.277 e. The van der Waals surface area contributed by atoms with Gasteiger partial charge in [0, 0.05) is 16.8 Å². The molecule has 2 aromatic rings. The van der Waals surface area contributed by atoms with Crippen LogP contribution in [-0.4, -0.2) is 5.91 Å². The summed E-state index contributed by atoms with van der Waals surface area (Å²) in [6.07, 6.45) is 1.99. The molecule has 0 unspecified atom stereocenters. The number of hydrogen-bond acceptors (Lipinski definition) is 1. The van der Waals surface area contributed by atoms with Crippen LogP contribution in [0.1, 0.15) is 28.4 Å². The highest BCUT2D eigenvalue weighted by atomic mass is 16.2. The zero-order valence-corrected chi connectivity index (χ0v) is 11.1. The maximum absolute atomic E-state index is 12.5. The van der Waals surface area contributed by atoms with Gasteiger partial charge in [0.2, 0.25) is 0 Å². The third-order valence-electron chi connectivity index (χ3n) is 3.44. The van der Waals surface area contributed by atoms with E-state index in [2.05, 4.69) is 0 Å². The molecule has 0 atom stereocenters. The van der Waals surface area contributed by atoms with Crippen LogP contribution in [0, 0.1) is 6.92 Å². The van der Waals surface area contributed by atoms with Gasteiger partial charge in [-0.15, -0.1) is 0 Å². The average Bonchev–Trinajstić information content (AvgIpc) is 2.73. The lowest BCUT2D eigenvalue weighted by Gasteiger charge is -2.18. The molecule has 1 amide bonds. The van der Waals surface area contributed by atoms with E-state index in [1.54, 1.807) is 4.90 Å². The number of amides is 1. The molecule has 0 fully saturated rings. The number of anilines is 1. The molecule has 1 aliphatic heterocycles. The molecule has 0 bridgehead atoms. The second-order valence-electron chi connectivity index (χ2n) is 4.70. The smallest absolute Gasteiger partial charge is 0.263 e. The maximum atomic E-state index is 12.5. The van der Waals surface area contributed by atoms with Gasteiger partial charge < -0.3 is 0 Å². The van der Waals surface area contributed by atoms with Gasteiger partial charge in [0.25, 0.3) is 5.91 Å². The van der Waals surface area contributed by atoms with E-state index in [0.717, 1.165) is 22.5 Å². The number of carbonyl (C=O) groups is 1. The first-order valence-electron chi connectivity index (χ1n) is 6.39. The second-order valence-corrected chi connectivity index (χ2v) is 4.70. The topological polar surface area (TPSA) is 20.3 Å². The molecule has 0 N–H and O–H groups in total. The number of hydrogen-bond donors (Lipinski definition) is 0. The molecule has 2 nitrogen and oxygen atoms in total. The van der Waals surface area contributed by atoms with E-state index >= 15 is 0 Å². The summed E-state index contributed by atoms with van der Waals surface area (Å²) in [5, 5.41) is 0. The number of rotatable bonds is 1. The van der Waals surface area contributed by atoms with Crippen LogP contribution in [0.5, 0.6) is 0 Å². The summed E-state index contributed by atoms with van der Waals surface area (Å²) in [4.78, 5) is 14.3. The minimum absolute atomic E-state index is 0.0487. The number of carbonyl (C=O) groups excluding carboxylic acids is 1. The number of benzene rings is 2. The molecule has 19 heavy (non-hydrogen) atoms. The van der Waals surface area contributed by atoms with E-state index in [9.17, 15) is 4.79 Å². The van der Waals surface area contributed by atoms with Gasteiger partial charge in [-0.05, 0) is 32.0 Å². The molecule has 1 aliphatic rings. The van der Waals surface area contributed by atoms with Gasteiger partial charge in [0.15, 0.2) is 0 Å². The van der Waals surface area contributed by atoms with Gasteiger partial charge in [-0.1, -0.05) is 42.0 Å². The van der Waals surface area contributed by atoms with E-state index < -0.39 is 0 Å². The van der Waals surface area contributed by atoms with Crippen molar-refractivity contribution in [2.24, 2.45) is 0 Å². The van der Waals surface area contributed by atoms with Crippen LogP contribution in [0.2, 0.25) is 0 Å². The SMILES string of the molecule is C/C=C1\c2ccccc2C(=O)N1c1ccc(C)cc1. The summed E-state index contributed by atoms with van der Waals surface area (Å²) < 4.78 is 0. The third kappa shape index (κ3) is 1.76. The molecule has 0 saturated heterocycles. The van der Waals surface area contributed by atoms with Crippen LogP contribution in [-0.2, 0) is 0 Å². The third-order valence-corrected chi connectivity index (χ3v) is 3.44. The Morgan fingerprint density at radius 1 is 0.947 bits per heavy atom. The molecule has 0 saturated carbocycles. The van der Waals surface area contributed by atoms with Gasteiger partial charge in [0.1, 0.15) is 0 Å². The van der Waals surface area contributed by atoms with Crippen molar-refractivity contribution < 1.29 is 4.79 Å². The van der Waals surface area contributed by atoms with Crippen molar-refractivity contribution in [3.8, 4) is 0 Å². The van der Waals surface area contributed by atoms with Crippen molar-refractivity contribution in [1.82, 2.24) is 0 Å². The van der Waals surface area contributed by atoms with Crippen LogP contribution in [0.4, 0.5) is 5.69 Å². The van der Waals surface area contributed by atoms with Gasteiger partial charge in [-0.3, -0.25) is 9.69 Å². The predicted molar refractivity (Wildman–Crippen MR) is 78.1 cm³/mol. The first-order chi connectivity index (χ1) is 9.22. The van der Waals surface area contributed by atoms with Crippen molar-refractivity contribution in [2.45, 2.75) is 13.8 Å². The number of allylic oxidation sites excluding steroid dienone is 1. The monoisotopic (exact) mass is 249 g/mol. The fraction of sp³-hybridized carbons (Fsp3) is 0.118. The molecule has 0 aliphatic carbocycles. The lowest BCUT2D eigenvalue weighted by atomic mass is 10.1. The summed E-state index contributed by atoms with van der Waals surface area (Å²) in [6.45, 7) is 4.01. The lowest BCUT2D eigenvalue weighted by molar-refractivity contribution is 0.101. The van der Waals surface area contributed by atoms with Crippen molar-refractivity contribution >= 4 is 17.3 Å². The minimum atomic E-state index is 0.0487. The Kier molecular flexibility index (Phi) is 2.71. The van der Waals surface area contributed by atoms with E-state index in [-0.39, 0.29) is 5.91 Å². The standard InChI is InChI=1S/C17H15NO/c1-3-16-14-6-4-5-7-15(14)17(19)18(16)13-10-8-12(2)9-11-13/h3-11H,1-2H3/b16-3+. The van der Waals surface area contributed by atoms with Crippen molar-refractivity contribution in [1.29, 1.82) is 0 Å². The molecular weight excluding hydrogens is 234 g/mol. The van der Waals surface area contributed by atoms with Gasteiger partial charge in [-0.25, -0.2) is 0 Å². The van der Waals surface area contributed by atoms with Crippen LogP contribution in [0.15, 0.2) is 54.6 Å². The van der Waals surface area contributed by atoms with E-state index in [1.165, 1.54) is 5.56 Å². The first kappa shape index (κ1) is 11.7. The fourth-order valence-corrected chi connectivity index (χ4v) is 2.48. The summed E-state index contributed by atoms with van der Waals surface area (Å²) in [6, 6.07) is 15.8. The summed E-state index contributed by atoms with van der Waals surface area (Å²) in [5.74, 6) is 0.0487. The summed E-state index contributed by atoms with van der Waals surface area (Å²) in [5.41, 5.74) is 4.85. The van der Waals surface area contributed by atoms with E-state index in [1.807, 2.05) is 68.5 Å². The van der Waals surface area contributed by atoms with Gasteiger partial charge in [-0.2, -0.15) is 0 Å². The number of fused-ring (bicyclic) bond motifs is 1. The summed E-state index contributed by atoms with van der Waals surface area (Å²) >= 11 is 0. The first-order valence-corrected chi connectivity index (χ1v) is 6.39. The van der Waals surface area contributed by atoms with Crippen LogP contribution < -0.4 is 4.90 Å². The van der Waals surface area contributed by atoms with Crippen LogP contribution >= 0.6 is 0 Å². The Hall–Kier alpha value is -2.35. The molecule has 0 spiro atoms. The van der Waals surface area contributed by atoms with E-state index in [4.69, 9.17) is 0 Å². The van der Waals surface area contributed by atoms with E-state index in [0.29, 0.717) is 0 Å². The zero-order chi connectivity index (χ0) is 13.4. The van der Waals surface area contributed by atoms with Crippen LogP contribution in [0.25, 0.3) is 5.70 Å². The minimum Gasteiger partial charge on any atom is -0.277 e. The molecule has 0 aromatic heterocycles. The van der Waals surface area contributed by atoms with Gasteiger partial charge >= 0.3 is 0 Å². The Balaban J connectivity index is 2.14. The number of nitrogens with zero attached hydrogens (tertiary/aromatic N) is 1. The molecule has 94 valence electrons. The second kappa shape index (κ2) is 4.39. The van der Waals surface area contributed by atoms with Crippen LogP contribution in [0.3, 0.4) is 0 Å². The highest BCUT2D eigenvalue weighted by molar-refractivity contribution is 6.22. The quantitative estimate of drug-likeness (QED) is 0.747. The number of aryl methyl sites for hydroxylation is 1. The Morgan fingerprint density at radius 3 is 2.21 bits per heavy atom. The average molecular weight is 249 g/mol. The van der Waals surface area contributed by atoms with Gasteiger partial charge in [0.05, 0.1) is 5.70 Å². The Morgan fingerprint density at radius 2 is 1.58 bits per heavy atom. The molecule has 3 rings (SSSR count). The Bertz CT molecular complexity index is 668. The van der Waals surface area contributed by atoms with Crippen molar-refractivity contribution in [2.75, 3.05) is 4.90 Å². The normalized spacial score (nSPS) is 16.0. The highest BCUT2D eigenvalue weighted by Crippen LogP contribution is 2.36. The fourth-order valence-electron chi connectivity index (χ4n) is 2.48. The summed E-state index contributed by atoms with van der Waals surface area (Å²) in [7, 11) is 0. The molecule has 2 aromatic carbocycles. The highest BCUT2D eigenvalue weighted by Gasteiger charge is 2.32. The van der Waals surface area contributed by atoms with Crippen molar-refractivity contribution in [3.63, 3.8) is 0 Å². The lowest BCUT2D eigenvalue weighted by Crippen LogP contribution is -2.22. The maximum Gasteiger partial charge on any atom is 0.263 e. The molecule has 1 heterocycles. The molecule has 2 heteroatoms. The predicted octanol–water partition coefficient (Wildman–Crippen LogP) is 4.02. The zero-order valence-electron chi connectivity index (χ0n) is 11.1. The van der Waals surface area contributed by atoms with Crippen molar-refractivity contribution in [3.05, 3.63) is 71.3 Å². The molecule has 0 radical (unpaired) electrons. The Labute approximate surface area is 113 Å².